The molecule has 0 saturated heterocycles. The van der Waals surface area contributed by atoms with Gasteiger partial charge in [0.25, 0.3) is 5.69 Å². The fourth-order valence-corrected chi connectivity index (χ4v) is 2.79. The minimum Gasteiger partial charge on any atom is -0.379 e. The van der Waals surface area contributed by atoms with E-state index < -0.39 is 0 Å². The van der Waals surface area contributed by atoms with E-state index >= 15 is 0 Å². The zero-order chi connectivity index (χ0) is 15.6. The smallest absolute Gasteiger partial charge is 0.269 e. The third-order valence-corrected chi connectivity index (χ3v) is 4.39. The second kappa shape index (κ2) is 5.81. The van der Waals surface area contributed by atoms with E-state index in [1.807, 2.05) is 12.3 Å². The quantitative estimate of drug-likeness (QED) is 0.676. The number of nitrogens with one attached hydrogen (secondary N) is 1. The van der Waals surface area contributed by atoms with Gasteiger partial charge in [0.05, 0.1) is 22.2 Å². The Labute approximate surface area is 128 Å². The molecule has 0 atom stereocenters. The highest BCUT2D eigenvalue weighted by molar-refractivity contribution is 7.09. The first-order valence-corrected chi connectivity index (χ1v) is 7.59. The van der Waals surface area contributed by atoms with Crippen LogP contribution in [0.1, 0.15) is 37.0 Å². The number of non-ortho nitro benzene ring substituents is 1. The highest BCUT2D eigenvalue weighted by Crippen LogP contribution is 2.26. The normalized spacial score (nSPS) is 11.4. The van der Waals surface area contributed by atoms with Crippen LogP contribution in [0.5, 0.6) is 0 Å². The van der Waals surface area contributed by atoms with E-state index in [2.05, 4.69) is 31.1 Å². The van der Waals surface area contributed by atoms with Crippen LogP contribution >= 0.6 is 11.3 Å². The average molecular weight is 305 g/mol. The van der Waals surface area contributed by atoms with Crippen molar-refractivity contribution in [3.8, 4) is 0 Å². The lowest BCUT2D eigenvalue weighted by atomic mass is 9.98. The monoisotopic (exact) mass is 305 g/mol. The number of nitro groups is 1. The van der Waals surface area contributed by atoms with Crippen LogP contribution in [0.3, 0.4) is 0 Å². The third kappa shape index (κ3) is 3.78. The van der Waals surface area contributed by atoms with E-state index in [4.69, 9.17) is 0 Å². The summed E-state index contributed by atoms with van der Waals surface area (Å²) in [4.78, 5) is 15.0. The first kappa shape index (κ1) is 15.4. The average Bonchev–Trinajstić information content (AvgIpc) is 2.85. The van der Waals surface area contributed by atoms with Gasteiger partial charge in [0.2, 0.25) is 0 Å². The van der Waals surface area contributed by atoms with Crippen molar-refractivity contribution in [1.29, 1.82) is 0 Å². The number of hydrogen-bond donors (Lipinski definition) is 1. The molecule has 0 unspecified atom stereocenters. The summed E-state index contributed by atoms with van der Waals surface area (Å²) >= 11 is 1.66. The third-order valence-electron chi connectivity index (χ3n) is 3.07. The van der Waals surface area contributed by atoms with Gasteiger partial charge in [-0.2, -0.15) is 0 Å². The van der Waals surface area contributed by atoms with Crippen LogP contribution in [0, 0.1) is 17.0 Å². The van der Waals surface area contributed by atoms with Crippen molar-refractivity contribution in [2.75, 3.05) is 5.32 Å². The van der Waals surface area contributed by atoms with Crippen molar-refractivity contribution in [1.82, 2.24) is 4.98 Å². The molecular formula is C15H19N3O2S. The fourth-order valence-electron chi connectivity index (χ4n) is 1.88. The van der Waals surface area contributed by atoms with Crippen LogP contribution in [-0.2, 0) is 12.0 Å². The van der Waals surface area contributed by atoms with Crippen molar-refractivity contribution in [3.05, 3.63) is 50.0 Å². The first-order valence-electron chi connectivity index (χ1n) is 6.71. The molecule has 0 fully saturated rings. The van der Waals surface area contributed by atoms with Crippen molar-refractivity contribution in [2.24, 2.45) is 0 Å². The summed E-state index contributed by atoms with van der Waals surface area (Å²) in [5.74, 6) is 0. The van der Waals surface area contributed by atoms with E-state index in [-0.39, 0.29) is 16.0 Å². The lowest BCUT2D eigenvalue weighted by Gasteiger charge is -2.13. The number of aryl methyl sites for hydroxylation is 1. The Kier molecular flexibility index (Phi) is 4.27. The lowest BCUT2D eigenvalue weighted by molar-refractivity contribution is -0.384. The molecular weight excluding hydrogens is 286 g/mol. The molecule has 0 amide bonds. The second-order valence-electron chi connectivity index (χ2n) is 6.00. The number of thiazole rings is 1. The topological polar surface area (TPSA) is 68.1 Å². The minimum atomic E-state index is -0.382. The molecule has 2 rings (SSSR count). The van der Waals surface area contributed by atoms with Crippen molar-refractivity contribution >= 4 is 22.7 Å². The Morgan fingerprint density at radius 1 is 1.38 bits per heavy atom. The molecule has 2 aromatic rings. The molecule has 112 valence electrons. The Hall–Kier alpha value is -1.95. The maximum atomic E-state index is 10.7. The molecule has 0 aliphatic heterocycles. The molecule has 1 heterocycles. The predicted molar refractivity (Wildman–Crippen MR) is 86.0 cm³/mol. The molecule has 0 bridgehead atoms. The Balaban J connectivity index is 2.06. The van der Waals surface area contributed by atoms with Gasteiger partial charge in [-0.25, -0.2) is 4.98 Å². The number of aromatic nitrogens is 1. The molecule has 0 aliphatic carbocycles. The molecule has 1 aromatic heterocycles. The Morgan fingerprint density at radius 2 is 2.10 bits per heavy atom. The Morgan fingerprint density at radius 3 is 2.62 bits per heavy atom. The van der Waals surface area contributed by atoms with Gasteiger partial charge in [0.15, 0.2) is 0 Å². The molecule has 1 aromatic carbocycles. The van der Waals surface area contributed by atoms with Crippen LogP contribution in [0.2, 0.25) is 0 Å². The zero-order valence-corrected chi connectivity index (χ0v) is 13.5. The molecule has 0 aliphatic rings. The van der Waals surface area contributed by atoms with Gasteiger partial charge in [-0.15, -0.1) is 11.3 Å². The number of rotatable bonds is 4. The summed E-state index contributed by atoms with van der Waals surface area (Å²) in [5.41, 5.74) is 2.91. The van der Waals surface area contributed by atoms with E-state index in [9.17, 15) is 10.1 Å². The maximum absolute atomic E-state index is 10.7. The summed E-state index contributed by atoms with van der Waals surface area (Å²) in [6, 6.07) is 4.82. The Bertz CT molecular complexity index is 659. The number of nitro benzene ring substituents is 1. The molecule has 21 heavy (non-hydrogen) atoms. The van der Waals surface area contributed by atoms with Crippen molar-refractivity contribution < 1.29 is 4.92 Å². The minimum absolute atomic E-state index is 0.0617. The molecule has 6 heteroatoms. The largest absolute Gasteiger partial charge is 0.379 e. The number of nitrogens with zero attached hydrogens (tertiary/aromatic N) is 2. The SMILES string of the molecule is Cc1cc([N+](=O)[O-])ccc1NCc1csc(C(C)(C)C)n1. The number of benzene rings is 1. The fraction of sp³-hybridized carbons (Fsp3) is 0.400. The second-order valence-corrected chi connectivity index (χ2v) is 6.86. The maximum Gasteiger partial charge on any atom is 0.269 e. The molecule has 0 saturated carbocycles. The van der Waals surface area contributed by atoms with E-state index in [1.54, 1.807) is 23.5 Å². The van der Waals surface area contributed by atoms with Crippen LogP contribution < -0.4 is 5.32 Å². The van der Waals surface area contributed by atoms with Crippen molar-refractivity contribution in [3.63, 3.8) is 0 Å². The van der Waals surface area contributed by atoms with Gasteiger partial charge in [-0.3, -0.25) is 10.1 Å². The zero-order valence-electron chi connectivity index (χ0n) is 12.6. The van der Waals surface area contributed by atoms with Gasteiger partial charge in [0.1, 0.15) is 0 Å². The van der Waals surface area contributed by atoms with E-state index in [1.165, 1.54) is 6.07 Å². The van der Waals surface area contributed by atoms with Gasteiger partial charge < -0.3 is 5.32 Å². The lowest BCUT2D eigenvalue weighted by Crippen LogP contribution is -2.11. The van der Waals surface area contributed by atoms with Crippen molar-refractivity contribution in [2.45, 2.75) is 39.7 Å². The molecule has 1 N–H and O–H groups in total. The summed E-state index contributed by atoms with van der Waals surface area (Å²) in [7, 11) is 0. The predicted octanol–water partition coefficient (Wildman–Crippen LogP) is 4.27. The number of anilines is 1. The highest BCUT2D eigenvalue weighted by Gasteiger charge is 2.17. The van der Waals surface area contributed by atoms with Gasteiger partial charge in [-0.1, -0.05) is 20.8 Å². The number of hydrogen-bond acceptors (Lipinski definition) is 5. The van der Waals surface area contributed by atoms with E-state index in [0.29, 0.717) is 6.54 Å². The van der Waals surface area contributed by atoms with E-state index in [0.717, 1.165) is 22.0 Å². The van der Waals surface area contributed by atoms with Crippen LogP contribution in [0.4, 0.5) is 11.4 Å². The summed E-state index contributed by atoms with van der Waals surface area (Å²) in [6.45, 7) is 8.90. The van der Waals surface area contributed by atoms with Crippen LogP contribution in [-0.4, -0.2) is 9.91 Å². The molecule has 5 nitrogen and oxygen atoms in total. The van der Waals surface area contributed by atoms with Gasteiger partial charge in [0, 0.05) is 28.6 Å². The molecule has 0 radical (unpaired) electrons. The molecule has 0 spiro atoms. The van der Waals surface area contributed by atoms with Gasteiger partial charge in [-0.05, 0) is 18.6 Å². The summed E-state index contributed by atoms with van der Waals surface area (Å²) < 4.78 is 0. The van der Waals surface area contributed by atoms with Gasteiger partial charge >= 0.3 is 0 Å². The highest BCUT2D eigenvalue weighted by atomic mass is 32.1. The summed E-state index contributed by atoms with van der Waals surface area (Å²) in [6.07, 6.45) is 0. The summed E-state index contributed by atoms with van der Waals surface area (Å²) in [5, 5.41) is 17.2. The first-order chi connectivity index (χ1) is 9.77. The van der Waals surface area contributed by atoms with Crippen LogP contribution in [0.25, 0.3) is 0 Å². The standard InChI is InChI=1S/C15H19N3O2S/c1-10-7-12(18(19)20)5-6-13(10)16-8-11-9-21-14(17-11)15(2,3)4/h5-7,9,16H,8H2,1-4H3. The van der Waals surface area contributed by atoms with Crippen LogP contribution in [0.15, 0.2) is 23.6 Å².